The van der Waals surface area contributed by atoms with Gasteiger partial charge in [0.05, 0.1) is 23.5 Å². The van der Waals surface area contributed by atoms with Gasteiger partial charge in [-0.2, -0.15) is 4.80 Å². The number of rotatable bonds is 9. The number of thiophene rings is 1. The molecule has 1 saturated heterocycles. The highest BCUT2D eigenvalue weighted by atomic mass is 32.1. The number of carbonyl (C=O) groups excluding carboxylic acids is 2. The Balaban J connectivity index is 1.35. The Morgan fingerprint density at radius 3 is 2.88 bits per heavy atom. The van der Waals surface area contributed by atoms with Crippen LogP contribution in [-0.2, 0) is 20.9 Å². The van der Waals surface area contributed by atoms with Crippen molar-refractivity contribution in [3.63, 3.8) is 0 Å². The number of carbonyl (C=O) groups is 2. The number of nitrogens with zero attached hydrogens (tertiary/aromatic N) is 6. The molecule has 2 atom stereocenters. The molecule has 12 heteroatoms. The van der Waals surface area contributed by atoms with E-state index >= 15 is 0 Å². The third-order valence-corrected chi connectivity index (χ3v) is 7.59. The summed E-state index contributed by atoms with van der Waals surface area (Å²) < 4.78 is 11.3. The number of pyridine rings is 1. The Labute approximate surface area is 233 Å². The second-order valence-corrected chi connectivity index (χ2v) is 10.5. The number of tetrazole rings is 1. The van der Waals surface area contributed by atoms with E-state index in [1.807, 2.05) is 54.8 Å². The van der Waals surface area contributed by atoms with E-state index in [2.05, 4.69) is 25.7 Å². The standard InChI is InChI=1S/C28H27N7O4S/c1-18-10-11-23(39-18)27-31-33-34(32-27)17-25(36)35(20-14-19-6-2-3-8-22(19)29-15-20)26(24-9-5-13-40-24)28(37)30-16-21-7-4-12-38-21/h2-3,5-6,8-11,13-15,21,26H,4,7,12,16-17H2,1H3,(H,30,37)/t21-,26+/m1/s1. The number of para-hydroxylation sites is 1. The fourth-order valence-electron chi connectivity index (χ4n) is 4.73. The lowest BCUT2D eigenvalue weighted by Crippen LogP contribution is -2.46. The van der Waals surface area contributed by atoms with Gasteiger partial charge in [0.15, 0.2) is 5.76 Å². The van der Waals surface area contributed by atoms with E-state index in [4.69, 9.17) is 9.15 Å². The average Bonchev–Trinajstić information content (AvgIpc) is 3.78. The summed E-state index contributed by atoms with van der Waals surface area (Å²) >= 11 is 1.40. The van der Waals surface area contributed by atoms with Gasteiger partial charge in [0.1, 0.15) is 18.3 Å². The first kappa shape index (κ1) is 25.8. The van der Waals surface area contributed by atoms with Gasteiger partial charge in [-0.05, 0) is 60.7 Å². The number of anilines is 1. The minimum atomic E-state index is -0.937. The predicted molar refractivity (Wildman–Crippen MR) is 149 cm³/mol. The maximum Gasteiger partial charge on any atom is 0.251 e. The van der Waals surface area contributed by atoms with Gasteiger partial charge in [0, 0.05) is 23.4 Å². The minimum absolute atomic E-state index is 0.0394. The molecule has 5 aromatic rings. The van der Waals surface area contributed by atoms with E-state index in [0.29, 0.717) is 35.2 Å². The number of nitrogens with one attached hydrogen (secondary N) is 1. The fraction of sp³-hybridized carbons (Fsp3) is 0.286. The predicted octanol–water partition coefficient (Wildman–Crippen LogP) is 3.92. The number of aryl methyl sites for hydroxylation is 1. The van der Waals surface area contributed by atoms with E-state index in [0.717, 1.165) is 23.7 Å². The molecule has 204 valence electrons. The summed E-state index contributed by atoms with van der Waals surface area (Å²) in [6.07, 6.45) is 3.42. The van der Waals surface area contributed by atoms with E-state index < -0.39 is 11.9 Å². The molecule has 4 aromatic heterocycles. The molecule has 1 N–H and O–H groups in total. The molecule has 1 aromatic carbocycles. The van der Waals surface area contributed by atoms with Crippen molar-refractivity contribution in [3.05, 3.63) is 76.8 Å². The van der Waals surface area contributed by atoms with Gasteiger partial charge in [-0.15, -0.1) is 21.5 Å². The molecule has 0 spiro atoms. The number of hydrogen-bond donors (Lipinski definition) is 1. The molecule has 1 aliphatic rings. The fourth-order valence-corrected chi connectivity index (χ4v) is 5.54. The molecule has 0 saturated carbocycles. The van der Waals surface area contributed by atoms with Gasteiger partial charge in [0.2, 0.25) is 11.7 Å². The summed E-state index contributed by atoms with van der Waals surface area (Å²) in [6, 6.07) is 15.8. The molecule has 1 fully saturated rings. The highest BCUT2D eigenvalue weighted by molar-refractivity contribution is 7.10. The molecule has 11 nitrogen and oxygen atoms in total. The van der Waals surface area contributed by atoms with Crippen molar-refractivity contribution in [1.29, 1.82) is 0 Å². The summed E-state index contributed by atoms with van der Waals surface area (Å²) in [4.78, 5) is 35.8. The number of benzene rings is 1. The van der Waals surface area contributed by atoms with Crippen molar-refractivity contribution in [2.24, 2.45) is 0 Å². The van der Waals surface area contributed by atoms with Crippen LogP contribution in [0.15, 0.2) is 70.6 Å². The van der Waals surface area contributed by atoms with Crippen LogP contribution in [0.1, 0.15) is 29.5 Å². The summed E-state index contributed by atoms with van der Waals surface area (Å²) in [6.45, 7) is 2.63. The van der Waals surface area contributed by atoms with Gasteiger partial charge in [-0.1, -0.05) is 24.3 Å². The highest BCUT2D eigenvalue weighted by Crippen LogP contribution is 2.32. The van der Waals surface area contributed by atoms with E-state index in [1.54, 1.807) is 18.3 Å². The van der Waals surface area contributed by atoms with Crippen LogP contribution in [0.2, 0.25) is 0 Å². The first-order valence-corrected chi connectivity index (χ1v) is 13.9. The van der Waals surface area contributed by atoms with Gasteiger partial charge in [-0.3, -0.25) is 19.5 Å². The number of hydrogen-bond acceptors (Lipinski definition) is 9. The van der Waals surface area contributed by atoms with E-state index in [-0.39, 0.29) is 24.4 Å². The van der Waals surface area contributed by atoms with Gasteiger partial charge in [0.25, 0.3) is 5.91 Å². The normalized spacial score (nSPS) is 15.8. The molecule has 1 aliphatic heterocycles. The van der Waals surface area contributed by atoms with Crippen LogP contribution in [0.25, 0.3) is 22.5 Å². The maximum atomic E-state index is 14.0. The van der Waals surface area contributed by atoms with Crippen molar-refractivity contribution in [2.75, 3.05) is 18.1 Å². The zero-order valence-corrected chi connectivity index (χ0v) is 22.6. The van der Waals surface area contributed by atoms with Crippen molar-refractivity contribution in [2.45, 2.75) is 38.5 Å². The third kappa shape index (κ3) is 5.49. The van der Waals surface area contributed by atoms with Crippen molar-refractivity contribution in [1.82, 2.24) is 30.5 Å². The molecule has 5 heterocycles. The number of fused-ring (bicyclic) bond motifs is 1. The molecular weight excluding hydrogens is 530 g/mol. The number of aromatic nitrogens is 5. The molecular formula is C28H27N7O4S. The highest BCUT2D eigenvalue weighted by Gasteiger charge is 2.35. The minimum Gasteiger partial charge on any atom is -0.458 e. The third-order valence-electron chi connectivity index (χ3n) is 6.66. The largest absolute Gasteiger partial charge is 0.458 e. The molecule has 0 aliphatic carbocycles. The second kappa shape index (κ2) is 11.4. The summed E-state index contributed by atoms with van der Waals surface area (Å²) in [5.41, 5.74) is 1.27. The van der Waals surface area contributed by atoms with E-state index in [1.165, 1.54) is 21.0 Å². The van der Waals surface area contributed by atoms with Crippen LogP contribution >= 0.6 is 11.3 Å². The molecule has 6 rings (SSSR count). The summed E-state index contributed by atoms with van der Waals surface area (Å²) in [5, 5.41) is 18.2. The molecule has 2 amide bonds. The quantitative estimate of drug-likeness (QED) is 0.289. The van der Waals surface area contributed by atoms with Crippen LogP contribution < -0.4 is 10.2 Å². The number of furan rings is 1. The maximum absolute atomic E-state index is 14.0. The smallest absolute Gasteiger partial charge is 0.251 e. The Hall–Kier alpha value is -4.42. The van der Waals surface area contributed by atoms with Crippen molar-refractivity contribution < 1.29 is 18.7 Å². The Bertz CT molecular complexity index is 1620. The van der Waals surface area contributed by atoms with Crippen molar-refractivity contribution >= 4 is 39.7 Å². The van der Waals surface area contributed by atoms with Gasteiger partial charge in [-0.25, -0.2) is 0 Å². The lowest BCUT2D eigenvalue weighted by atomic mass is 10.1. The molecule has 40 heavy (non-hydrogen) atoms. The Morgan fingerprint density at radius 2 is 2.10 bits per heavy atom. The van der Waals surface area contributed by atoms with Crippen LogP contribution in [0.5, 0.6) is 0 Å². The lowest BCUT2D eigenvalue weighted by Gasteiger charge is -2.30. The topological polar surface area (TPSA) is 128 Å². The van der Waals surface area contributed by atoms with Crippen LogP contribution in [0, 0.1) is 6.92 Å². The summed E-state index contributed by atoms with van der Waals surface area (Å²) in [5.74, 6) is 0.728. The SMILES string of the molecule is Cc1ccc(-c2nnn(CC(=O)N(c3cnc4ccccc4c3)[C@H](C(=O)NC[C@H]3CCCO3)c3cccs3)n2)o1. The second-order valence-electron chi connectivity index (χ2n) is 9.50. The zero-order chi connectivity index (χ0) is 27.5. The lowest BCUT2D eigenvalue weighted by molar-refractivity contribution is -0.127. The van der Waals surface area contributed by atoms with Gasteiger partial charge >= 0.3 is 0 Å². The van der Waals surface area contributed by atoms with E-state index in [9.17, 15) is 9.59 Å². The molecule has 0 unspecified atom stereocenters. The Morgan fingerprint density at radius 1 is 1.20 bits per heavy atom. The molecule has 0 radical (unpaired) electrons. The number of ether oxygens (including phenoxy) is 1. The van der Waals surface area contributed by atoms with Gasteiger partial charge < -0.3 is 14.5 Å². The first-order chi connectivity index (χ1) is 19.5. The summed E-state index contributed by atoms with van der Waals surface area (Å²) in [7, 11) is 0. The van der Waals surface area contributed by atoms with Crippen LogP contribution in [0.4, 0.5) is 5.69 Å². The Kier molecular flexibility index (Phi) is 7.34. The molecule has 0 bridgehead atoms. The number of amides is 2. The first-order valence-electron chi connectivity index (χ1n) is 13.0. The van der Waals surface area contributed by atoms with Crippen LogP contribution in [0.3, 0.4) is 0 Å². The zero-order valence-electron chi connectivity index (χ0n) is 21.8. The van der Waals surface area contributed by atoms with Crippen molar-refractivity contribution in [3.8, 4) is 11.6 Å². The monoisotopic (exact) mass is 557 g/mol. The van der Waals surface area contributed by atoms with Crippen LogP contribution in [-0.4, -0.2) is 56.3 Å². The average molecular weight is 558 g/mol.